The van der Waals surface area contributed by atoms with E-state index >= 15 is 0 Å². The predicted molar refractivity (Wildman–Crippen MR) is 136 cm³/mol. The highest BCUT2D eigenvalue weighted by molar-refractivity contribution is 5.94. The zero-order valence-electron chi connectivity index (χ0n) is 21.0. The number of rotatable bonds is 13. The van der Waals surface area contributed by atoms with Gasteiger partial charge in [0.1, 0.15) is 17.6 Å². The summed E-state index contributed by atoms with van der Waals surface area (Å²) in [6.45, 7) is 8.44. The first-order valence-electron chi connectivity index (χ1n) is 12.5. The van der Waals surface area contributed by atoms with Gasteiger partial charge in [-0.3, -0.25) is 9.59 Å². The summed E-state index contributed by atoms with van der Waals surface area (Å²) in [5, 5.41) is 14.2. The predicted octanol–water partition coefficient (Wildman–Crippen LogP) is 4.15. The van der Waals surface area contributed by atoms with Gasteiger partial charge >= 0.3 is 0 Å². The molecule has 2 aromatic carbocycles. The van der Waals surface area contributed by atoms with Gasteiger partial charge in [0.05, 0.1) is 18.8 Å². The number of likely N-dealkylation sites (tertiary alicyclic amines) is 1. The summed E-state index contributed by atoms with van der Waals surface area (Å²) in [6, 6.07) is 14.0. The van der Waals surface area contributed by atoms with Crippen molar-refractivity contribution in [3.8, 4) is 11.5 Å². The van der Waals surface area contributed by atoms with Crippen molar-refractivity contribution in [2.75, 3.05) is 26.2 Å². The maximum absolute atomic E-state index is 12.7. The van der Waals surface area contributed by atoms with Crippen LogP contribution in [0, 0.1) is 0 Å². The number of carbonyl (C=O) groups is 2. The van der Waals surface area contributed by atoms with Crippen molar-refractivity contribution in [3.63, 3.8) is 0 Å². The molecule has 1 amide bonds. The smallest absolute Gasteiger partial charge is 0.220 e. The van der Waals surface area contributed by atoms with Crippen LogP contribution >= 0.6 is 0 Å². The van der Waals surface area contributed by atoms with Crippen molar-refractivity contribution in [1.82, 2.24) is 10.2 Å². The number of carbonyl (C=O) groups excluding carboxylic acids is 2. The topological polar surface area (TPSA) is 88.1 Å². The van der Waals surface area contributed by atoms with Gasteiger partial charge < -0.3 is 24.8 Å². The Kier molecular flexibility index (Phi) is 10.1. The molecule has 1 heterocycles. The van der Waals surface area contributed by atoms with Crippen LogP contribution in [0.3, 0.4) is 0 Å². The maximum atomic E-state index is 12.7. The zero-order chi connectivity index (χ0) is 25.2. The summed E-state index contributed by atoms with van der Waals surface area (Å²) < 4.78 is 11.4. The average Bonchev–Trinajstić information content (AvgIpc) is 3.34. The molecule has 1 fully saturated rings. The number of aliphatic hydroxyl groups excluding tert-OH is 1. The van der Waals surface area contributed by atoms with E-state index in [1.165, 1.54) is 6.92 Å². The Morgan fingerprint density at radius 3 is 2.23 bits per heavy atom. The highest BCUT2D eigenvalue weighted by Gasteiger charge is 2.26. The summed E-state index contributed by atoms with van der Waals surface area (Å²) >= 11 is 0. The third kappa shape index (κ3) is 8.67. The molecule has 190 valence electrons. The summed E-state index contributed by atoms with van der Waals surface area (Å²) in [5.41, 5.74) is 1.39. The SMILES string of the molecule is CC(=O)c1ccc(OCCCC(=O)N[C@H](CN2CCCC2)[C@H](O)c2ccc(OC(C)C)cc2)cc1. The second-order valence-electron chi connectivity index (χ2n) is 9.39. The molecule has 1 saturated heterocycles. The molecule has 2 N–H and O–H groups in total. The lowest BCUT2D eigenvalue weighted by Crippen LogP contribution is -2.46. The van der Waals surface area contributed by atoms with Crippen molar-refractivity contribution in [3.05, 3.63) is 59.7 Å². The number of Topliss-reactive ketones (excluding diaryl/α,β-unsaturated/α-hetero) is 1. The van der Waals surface area contributed by atoms with Crippen LogP contribution in [0.25, 0.3) is 0 Å². The van der Waals surface area contributed by atoms with Crippen molar-refractivity contribution >= 4 is 11.7 Å². The second-order valence-corrected chi connectivity index (χ2v) is 9.39. The molecule has 2 atom stereocenters. The van der Waals surface area contributed by atoms with Gasteiger partial charge in [-0.2, -0.15) is 0 Å². The molecule has 7 heteroatoms. The molecule has 0 unspecified atom stereocenters. The molecular weight excluding hydrogens is 444 g/mol. The van der Waals surface area contributed by atoms with E-state index in [1.807, 2.05) is 38.1 Å². The van der Waals surface area contributed by atoms with E-state index in [0.29, 0.717) is 37.3 Å². The number of ketones is 1. The Hall–Kier alpha value is -2.90. The molecule has 2 aromatic rings. The minimum atomic E-state index is -0.816. The minimum Gasteiger partial charge on any atom is -0.494 e. The lowest BCUT2D eigenvalue weighted by atomic mass is 10.0. The average molecular weight is 483 g/mol. The molecule has 0 aromatic heterocycles. The molecule has 1 aliphatic heterocycles. The molecule has 0 radical (unpaired) electrons. The van der Waals surface area contributed by atoms with Crippen molar-refractivity contribution in [2.24, 2.45) is 0 Å². The van der Waals surface area contributed by atoms with E-state index in [-0.39, 0.29) is 17.8 Å². The highest BCUT2D eigenvalue weighted by atomic mass is 16.5. The van der Waals surface area contributed by atoms with Crippen LogP contribution in [0.1, 0.15) is 68.5 Å². The van der Waals surface area contributed by atoms with Gasteiger partial charge in [-0.1, -0.05) is 12.1 Å². The van der Waals surface area contributed by atoms with Gasteiger partial charge in [-0.05, 0) is 95.1 Å². The van der Waals surface area contributed by atoms with Crippen LogP contribution in [0.5, 0.6) is 11.5 Å². The number of amides is 1. The van der Waals surface area contributed by atoms with Crippen LogP contribution in [0.15, 0.2) is 48.5 Å². The minimum absolute atomic E-state index is 0.0127. The zero-order valence-corrected chi connectivity index (χ0v) is 21.0. The maximum Gasteiger partial charge on any atom is 0.220 e. The number of nitrogens with one attached hydrogen (secondary N) is 1. The highest BCUT2D eigenvalue weighted by Crippen LogP contribution is 2.23. The fourth-order valence-electron chi connectivity index (χ4n) is 4.20. The summed E-state index contributed by atoms with van der Waals surface area (Å²) in [5.74, 6) is 1.33. The molecule has 0 aliphatic carbocycles. The Morgan fingerprint density at radius 2 is 1.63 bits per heavy atom. The molecule has 35 heavy (non-hydrogen) atoms. The van der Waals surface area contributed by atoms with Gasteiger partial charge in [0, 0.05) is 18.5 Å². The molecule has 1 aliphatic rings. The van der Waals surface area contributed by atoms with E-state index in [2.05, 4.69) is 10.2 Å². The third-order valence-electron chi connectivity index (χ3n) is 6.05. The monoisotopic (exact) mass is 482 g/mol. The van der Waals surface area contributed by atoms with Crippen LogP contribution in [0.4, 0.5) is 0 Å². The fraction of sp³-hybridized carbons (Fsp3) is 0.500. The van der Waals surface area contributed by atoms with Crippen LogP contribution in [-0.2, 0) is 4.79 Å². The second kappa shape index (κ2) is 13.3. The normalized spacial score (nSPS) is 15.6. The largest absolute Gasteiger partial charge is 0.494 e. The van der Waals surface area contributed by atoms with Gasteiger partial charge in [0.15, 0.2) is 5.78 Å². The van der Waals surface area contributed by atoms with Gasteiger partial charge in [-0.15, -0.1) is 0 Å². The first-order chi connectivity index (χ1) is 16.8. The lowest BCUT2D eigenvalue weighted by molar-refractivity contribution is -0.123. The van der Waals surface area contributed by atoms with Gasteiger partial charge in [0.2, 0.25) is 5.91 Å². The standard InChI is InChI=1S/C28H38N2O5/c1-20(2)35-25-14-10-23(11-15-25)28(33)26(19-30-16-4-5-17-30)29-27(32)7-6-18-34-24-12-8-22(9-13-24)21(3)31/h8-15,20,26,28,33H,4-7,16-19H2,1-3H3,(H,29,32)/t26-,28-/m1/s1. The molecule has 0 spiro atoms. The van der Waals surface area contributed by atoms with E-state index in [0.717, 1.165) is 37.2 Å². The van der Waals surface area contributed by atoms with E-state index in [1.54, 1.807) is 24.3 Å². The van der Waals surface area contributed by atoms with Crippen LogP contribution in [-0.4, -0.2) is 60.1 Å². The first kappa shape index (κ1) is 26.7. The Labute approximate surface area is 208 Å². The van der Waals surface area contributed by atoms with E-state index < -0.39 is 12.1 Å². The summed E-state index contributed by atoms with van der Waals surface area (Å²) in [6.07, 6.45) is 2.40. The van der Waals surface area contributed by atoms with E-state index in [4.69, 9.17) is 9.47 Å². The van der Waals surface area contributed by atoms with Crippen molar-refractivity contribution < 1.29 is 24.2 Å². The quantitative estimate of drug-likeness (QED) is 0.329. The number of hydrogen-bond acceptors (Lipinski definition) is 6. The molecular formula is C28H38N2O5. The number of aliphatic hydroxyl groups is 1. The summed E-state index contributed by atoms with van der Waals surface area (Å²) in [7, 11) is 0. The van der Waals surface area contributed by atoms with Crippen molar-refractivity contribution in [1.29, 1.82) is 0 Å². The Morgan fingerprint density at radius 1 is 1.00 bits per heavy atom. The Bertz CT molecular complexity index is 937. The lowest BCUT2D eigenvalue weighted by Gasteiger charge is -2.29. The number of benzene rings is 2. The Balaban J connectivity index is 1.52. The molecule has 0 bridgehead atoms. The number of ether oxygens (including phenoxy) is 2. The molecule has 0 saturated carbocycles. The van der Waals surface area contributed by atoms with Crippen molar-refractivity contribution in [2.45, 2.75) is 64.7 Å². The summed E-state index contributed by atoms with van der Waals surface area (Å²) in [4.78, 5) is 26.4. The van der Waals surface area contributed by atoms with Gasteiger partial charge in [-0.25, -0.2) is 0 Å². The fourth-order valence-corrected chi connectivity index (χ4v) is 4.20. The number of nitrogens with zero attached hydrogens (tertiary/aromatic N) is 1. The molecule has 7 nitrogen and oxygen atoms in total. The van der Waals surface area contributed by atoms with Gasteiger partial charge in [0.25, 0.3) is 0 Å². The number of hydrogen-bond donors (Lipinski definition) is 2. The molecule has 3 rings (SSSR count). The van der Waals surface area contributed by atoms with Crippen LogP contribution in [0.2, 0.25) is 0 Å². The van der Waals surface area contributed by atoms with Crippen LogP contribution < -0.4 is 14.8 Å². The first-order valence-corrected chi connectivity index (χ1v) is 12.5. The third-order valence-corrected chi connectivity index (χ3v) is 6.05. The van der Waals surface area contributed by atoms with E-state index in [9.17, 15) is 14.7 Å².